The summed E-state index contributed by atoms with van der Waals surface area (Å²) in [5.41, 5.74) is 3.58. The van der Waals surface area contributed by atoms with Crippen molar-refractivity contribution in [1.29, 1.82) is 0 Å². The van der Waals surface area contributed by atoms with Crippen molar-refractivity contribution < 1.29 is 13.2 Å². The van der Waals surface area contributed by atoms with Crippen molar-refractivity contribution in [3.05, 3.63) is 34.9 Å². The number of benzene rings is 1. The van der Waals surface area contributed by atoms with Gasteiger partial charge in [0.25, 0.3) is 0 Å². The van der Waals surface area contributed by atoms with E-state index >= 15 is 0 Å². The highest BCUT2D eigenvalue weighted by Gasteiger charge is 2.28. The normalized spacial score (nSPS) is 20.8. The second kappa shape index (κ2) is 5.95. The average molecular weight is 295 g/mol. The molecule has 0 aliphatic carbocycles. The molecular weight excluding hydrogens is 274 g/mol. The van der Waals surface area contributed by atoms with E-state index in [4.69, 9.17) is 0 Å². The molecule has 5 heteroatoms. The smallest absolute Gasteiger partial charge is 0.220 e. The van der Waals surface area contributed by atoms with Gasteiger partial charge in [0.2, 0.25) is 5.91 Å². The van der Waals surface area contributed by atoms with Crippen molar-refractivity contribution in [1.82, 2.24) is 5.32 Å². The van der Waals surface area contributed by atoms with E-state index in [9.17, 15) is 13.2 Å². The number of sulfone groups is 1. The molecule has 0 radical (unpaired) electrons. The Kier molecular flexibility index (Phi) is 4.48. The Morgan fingerprint density at radius 3 is 2.70 bits per heavy atom. The van der Waals surface area contributed by atoms with E-state index in [2.05, 4.69) is 17.4 Å². The van der Waals surface area contributed by atoms with Gasteiger partial charge in [-0.05, 0) is 37.8 Å². The van der Waals surface area contributed by atoms with E-state index in [0.717, 1.165) is 0 Å². The Hall–Kier alpha value is -1.36. The SMILES string of the molecule is Cc1ccc(CCC(=O)NC2CCS(=O)(=O)C2)c(C)c1. The summed E-state index contributed by atoms with van der Waals surface area (Å²) in [6.07, 6.45) is 1.63. The van der Waals surface area contributed by atoms with Crippen LogP contribution in [0.4, 0.5) is 0 Å². The molecule has 1 aromatic carbocycles. The lowest BCUT2D eigenvalue weighted by molar-refractivity contribution is -0.121. The molecule has 1 aliphatic heterocycles. The fourth-order valence-electron chi connectivity index (χ4n) is 2.58. The highest BCUT2D eigenvalue weighted by atomic mass is 32.2. The van der Waals surface area contributed by atoms with Gasteiger partial charge in [0.15, 0.2) is 9.84 Å². The minimum atomic E-state index is -2.93. The fraction of sp³-hybridized carbons (Fsp3) is 0.533. The van der Waals surface area contributed by atoms with Crippen molar-refractivity contribution in [2.75, 3.05) is 11.5 Å². The van der Waals surface area contributed by atoms with Crippen molar-refractivity contribution in [2.45, 2.75) is 39.2 Å². The Bertz CT molecular complexity index is 608. The van der Waals surface area contributed by atoms with E-state index in [1.165, 1.54) is 16.7 Å². The van der Waals surface area contributed by atoms with Crippen LogP contribution in [0.3, 0.4) is 0 Å². The lowest BCUT2D eigenvalue weighted by atomic mass is 10.0. The molecular formula is C15H21NO3S. The standard InChI is InChI=1S/C15H21NO3S/c1-11-3-4-13(12(2)9-11)5-6-15(17)16-14-7-8-20(18,19)10-14/h3-4,9,14H,5-8,10H2,1-2H3,(H,16,17). The second-order valence-electron chi connectivity index (χ2n) is 5.60. The summed E-state index contributed by atoms with van der Waals surface area (Å²) in [6.45, 7) is 4.09. The number of hydrogen-bond acceptors (Lipinski definition) is 3. The molecule has 1 fully saturated rings. The van der Waals surface area contributed by atoms with Crippen LogP contribution in [0.15, 0.2) is 18.2 Å². The Morgan fingerprint density at radius 1 is 1.35 bits per heavy atom. The molecule has 0 saturated carbocycles. The molecule has 1 N–H and O–H groups in total. The third-order valence-corrected chi connectivity index (χ3v) is 5.48. The number of aryl methyl sites for hydroxylation is 3. The summed E-state index contributed by atoms with van der Waals surface area (Å²) in [6, 6.07) is 6.00. The van der Waals surface area contributed by atoms with Crippen molar-refractivity contribution >= 4 is 15.7 Å². The predicted octanol–water partition coefficient (Wildman–Crippen LogP) is 1.54. The van der Waals surface area contributed by atoms with Gasteiger partial charge in [-0.2, -0.15) is 0 Å². The van der Waals surface area contributed by atoms with Crippen LogP contribution in [-0.2, 0) is 21.1 Å². The van der Waals surface area contributed by atoms with Gasteiger partial charge in [-0.3, -0.25) is 4.79 Å². The fourth-order valence-corrected chi connectivity index (χ4v) is 4.26. The molecule has 0 spiro atoms. The van der Waals surface area contributed by atoms with Gasteiger partial charge in [-0.15, -0.1) is 0 Å². The molecule has 1 heterocycles. The highest BCUT2D eigenvalue weighted by Crippen LogP contribution is 2.14. The zero-order chi connectivity index (χ0) is 14.8. The van der Waals surface area contributed by atoms with Crippen LogP contribution < -0.4 is 5.32 Å². The number of rotatable bonds is 4. The monoisotopic (exact) mass is 295 g/mol. The molecule has 4 nitrogen and oxygen atoms in total. The number of hydrogen-bond donors (Lipinski definition) is 1. The lowest BCUT2D eigenvalue weighted by Gasteiger charge is -2.11. The van der Waals surface area contributed by atoms with E-state index in [1.807, 2.05) is 19.9 Å². The largest absolute Gasteiger partial charge is 0.352 e. The predicted molar refractivity (Wildman–Crippen MR) is 79.4 cm³/mol. The zero-order valence-electron chi connectivity index (χ0n) is 12.0. The van der Waals surface area contributed by atoms with Crippen LogP contribution in [0.25, 0.3) is 0 Å². The molecule has 1 aromatic rings. The van der Waals surface area contributed by atoms with Crippen LogP contribution in [0.2, 0.25) is 0 Å². The van der Waals surface area contributed by atoms with Gasteiger partial charge >= 0.3 is 0 Å². The molecule has 1 atom stereocenters. The topological polar surface area (TPSA) is 63.2 Å². The number of carbonyl (C=O) groups is 1. The van der Waals surface area contributed by atoms with Gasteiger partial charge in [0.1, 0.15) is 0 Å². The Morgan fingerprint density at radius 2 is 2.10 bits per heavy atom. The zero-order valence-corrected chi connectivity index (χ0v) is 12.8. The molecule has 1 unspecified atom stereocenters. The molecule has 20 heavy (non-hydrogen) atoms. The summed E-state index contributed by atoms with van der Waals surface area (Å²) in [5, 5.41) is 2.82. The van der Waals surface area contributed by atoms with E-state index in [1.54, 1.807) is 0 Å². The second-order valence-corrected chi connectivity index (χ2v) is 7.83. The maximum Gasteiger partial charge on any atom is 0.220 e. The first-order chi connectivity index (χ1) is 9.35. The summed E-state index contributed by atoms with van der Waals surface area (Å²) < 4.78 is 22.7. The van der Waals surface area contributed by atoms with Gasteiger partial charge in [0.05, 0.1) is 11.5 Å². The van der Waals surface area contributed by atoms with Crippen molar-refractivity contribution in [3.8, 4) is 0 Å². The summed E-state index contributed by atoms with van der Waals surface area (Å²) in [4.78, 5) is 11.9. The van der Waals surface area contributed by atoms with Crippen molar-refractivity contribution in [2.24, 2.45) is 0 Å². The number of nitrogens with one attached hydrogen (secondary N) is 1. The maximum absolute atomic E-state index is 11.9. The van der Waals surface area contributed by atoms with Crippen molar-refractivity contribution in [3.63, 3.8) is 0 Å². The van der Waals surface area contributed by atoms with Gasteiger partial charge < -0.3 is 5.32 Å². The third-order valence-electron chi connectivity index (χ3n) is 3.72. The molecule has 0 aromatic heterocycles. The molecule has 0 bridgehead atoms. The summed E-state index contributed by atoms with van der Waals surface area (Å²) >= 11 is 0. The highest BCUT2D eigenvalue weighted by molar-refractivity contribution is 7.91. The van der Waals surface area contributed by atoms with Crippen LogP contribution >= 0.6 is 0 Å². The van der Waals surface area contributed by atoms with E-state index in [0.29, 0.717) is 19.3 Å². The number of amides is 1. The van der Waals surface area contributed by atoms with Gasteiger partial charge in [-0.1, -0.05) is 23.8 Å². The lowest BCUT2D eigenvalue weighted by Crippen LogP contribution is -2.35. The van der Waals surface area contributed by atoms with E-state index in [-0.39, 0.29) is 23.5 Å². The molecule has 1 aliphatic rings. The minimum Gasteiger partial charge on any atom is -0.352 e. The third kappa shape index (κ3) is 4.07. The number of carbonyl (C=O) groups excluding carboxylic acids is 1. The molecule has 1 saturated heterocycles. The molecule has 2 rings (SSSR count). The van der Waals surface area contributed by atoms with Crippen LogP contribution in [0, 0.1) is 13.8 Å². The van der Waals surface area contributed by atoms with Crippen LogP contribution in [0.5, 0.6) is 0 Å². The maximum atomic E-state index is 11.9. The molecule has 110 valence electrons. The van der Waals surface area contributed by atoms with Gasteiger partial charge in [0, 0.05) is 12.5 Å². The summed E-state index contributed by atoms with van der Waals surface area (Å²) in [7, 11) is -2.93. The molecule has 1 amide bonds. The van der Waals surface area contributed by atoms with Crippen LogP contribution in [-0.4, -0.2) is 31.9 Å². The minimum absolute atomic E-state index is 0.0629. The average Bonchev–Trinajstić information content (AvgIpc) is 2.67. The quantitative estimate of drug-likeness (QED) is 0.916. The first kappa shape index (κ1) is 15.0. The Balaban J connectivity index is 1.84. The Labute approximate surface area is 120 Å². The first-order valence-electron chi connectivity index (χ1n) is 6.92. The van der Waals surface area contributed by atoms with Crippen LogP contribution in [0.1, 0.15) is 29.5 Å². The van der Waals surface area contributed by atoms with Gasteiger partial charge in [-0.25, -0.2) is 8.42 Å². The van der Waals surface area contributed by atoms with E-state index < -0.39 is 9.84 Å². The summed E-state index contributed by atoms with van der Waals surface area (Å²) in [5.74, 6) is 0.212. The first-order valence-corrected chi connectivity index (χ1v) is 8.74.